The zero-order valence-corrected chi connectivity index (χ0v) is 14.6. The van der Waals surface area contributed by atoms with Gasteiger partial charge in [0.05, 0.1) is 13.2 Å². The molecule has 134 valence electrons. The van der Waals surface area contributed by atoms with E-state index in [2.05, 4.69) is 28.8 Å². The summed E-state index contributed by atoms with van der Waals surface area (Å²) in [6, 6.07) is 11.9. The highest BCUT2D eigenvalue weighted by atomic mass is 16.5. The maximum atomic E-state index is 12.4. The fourth-order valence-corrected chi connectivity index (χ4v) is 3.52. The van der Waals surface area contributed by atoms with Crippen LogP contribution in [0.2, 0.25) is 0 Å². The first-order valence-corrected chi connectivity index (χ1v) is 9.08. The number of fused-ring (bicyclic) bond motifs is 2. The van der Waals surface area contributed by atoms with Crippen molar-refractivity contribution in [3.8, 4) is 0 Å². The molecule has 0 aromatic heterocycles. The van der Waals surface area contributed by atoms with E-state index in [-0.39, 0.29) is 11.8 Å². The second-order valence-electron chi connectivity index (χ2n) is 6.83. The molecule has 0 fully saturated rings. The Kier molecular flexibility index (Phi) is 4.71. The van der Waals surface area contributed by atoms with E-state index in [0.717, 1.165) is 30.7 Å². The average Bonchev–Trinajstić information content (AvgIpc) is 2.67. The van der Waals surface area contributed by atoms with Crippen LogP contribution >= 0.6 is 0 Å². The highest BCUT2D eigenvalue weighted by molar-refractivity contribution is 5.97. The summed E-state index contributed by atoms with van der Waals surface area (Å²) in [5.41, 5.74) is 6.34. The molecule has 0 spiro atoms. The smallest absolute Gasteiger partial charge is 0.251 e. The first-order valence-electron chi connectivity index (χ1n) is 9.08. The van der Waals surface area contributed by atoms with Crippen molar-refractivity contribution in [2.45, 2.75) is 32.3 Å². The van der Waals surface area contributed by atoms with Gasteiger partial charge in [0.15, 0.2) is 0 Å². The molecule has 0 atom stereocenters. The SMILES string of the molecule is O=C1CCc2cc(C(=O)NCCc3ccc4c(c3)CCOC4)ccc2N1. The Morgan fingerprint density at radius 3 is 2.88 bits per heavy atom. The molecule has 26 heavy (non-hydrogen) atoms. The molecule has 2 N–H and O–H groups in total. The minimum absolute atomic E-state index is 0.0336. The number of carbonyl (C=O) groups excluding carboxylic acids is 2. The van der Waals surface area contributed by atoms with Gasteiger partial charge in [-0.15, -0.1) is 0 Å². The molecule has 2 aromatic carbocycles. The Labute approximate surface area is 152 Å². The van der Waals surface area contributed by atoms with Gasteiger partial charge in [0.2, 0.25) is 5.91 Å². The Bertz CT molecular complexity index is 860. The zero-order valence-electron chi connectivity index (χ0n) is 14.6. The number of nitrogens with one attached hydrogen (secondary N) is 2. The Hall–Kier alpha value is -2.66. The zero-order chi connectivity index (χ0) is 17.9. The van der Waals surface area contributed by atoms with Gasteiger partial charge in [0, 0.05) is 24.2 Å². The first kappa shape index (κ1) is 16.8. The third-order valence-electron chi connectivity index (χ3n) is 5.01. The van der Waals surface area contributed by atoms with Crippen molar-refractivity contribution in [2.24, 2.45) is 0 Å². The molecule has 0 aliphatic carbocycles. The maximum Gasteiger partial charge on any atom is 0.251 e. The van der Waals surface area contributed by atoms with Crippen LogP contribution in [0.1, 0.15) is 39.0 Å². The summed E-state index contributed by atoms with van der Waals surface area (Å²) in [6.45, 7) is 2.08. The van der Waals surface area contributed by atoms with Gasteiger partial charge in [0.1, 0.15) is 0 Å². The summed E-state index contributed by atoms with van der Waals surface area (Å²) in [5.74, 6) is -0.0395. The molecule has 5 nitrogen and oxygen atoms in total. The van der Waals surface area contributed by atoms with Gasteiger partial charge in [-0.1, -0.05) is 18.2 Å². The maximum absolute atomic E-state index is 12.4. The van der Waals surface area contributed by atoms with Crippen LogP contribution in [0.25, 0.3) is 0 Å². The van der Waals surface area contributed by atoms with E-state index in [1.54, 1.807) is 6.07 Å². The van der Waals surface area contributed by atoms with E-state index >= 15 is 0 Å². The molecule has 2 aliphatic heterocycles. The van der Waals surface area contributed by atoms with Crippen LogP contribution in [-0.4, -0.2) is 25.0 Å². The van der Waals surface area contributed by atoms with Gasteiger partial charge < -0.3 is 15.4 Å². The number of carbonyl (C=O) groups is 2. The van der Waals surface area contributed by atoms with E-state index in [4.69, 9.17) is 4.74 Å². The molecule has 0 saturated carbocycles. The van der Waals surface area contributed by atoms with Crippen molar-refractivity contribution >= 4 is 17.5 Å². The molecule has 2 heterocycles. The predicted octanol–water partition coefficient (Wildman–Crippen LogP) is 2.62. The lowest BCUT2D eigenvalue weighted by Crippen LogP contribution is -2.26. The van der Waals surface area contributed by atoms with Crippen molar-refractivity contribution < 1.29 is 14.3 Å². The Morgan fingerprint density at radius 2 is 1.96 bits per heavy atom. The second-order valence-corrected chi connectivity index (χ2v) is 6.83. The molecule has 0 unspecified atom stereocenters. The second kappa shape index (κ2) is 7.30. The molecule has 2 amide bonds. The molecule has 0 bridgehead atoms. The van der Waals surface area contributed by atoms with Crippen LogP contribution in [0.15, 0.2) is 36.4 Å². The van der Waals surface area contributed by atoms with Crippen molar-refractivity contribution in [1.82, 2.24) is 5.32 Å². The normalized spacial score (nSPS) is 15.6. The van der Waals surface area contributed by atoms with Crippen molar-refractivity contribution in [3.05, 3.63) is 64.2 Å². The average molecular weight is 350 g/mol. The van der Waals surface area contributed by atoms with Crippen LogP contribution in [0, 0.1) is 0 Å². The van der Waals surface area contributed by atoms with E-state index in [0.29, 0.717) is 31.6 Å². The van der Waals surface area contributed by atoms with Gasteiger partial charge in [-0.2, -0.15) is 0 Å². The number of ether oxygens (including phenoxy) is 1. The van der Waals surface area contributed by atoms with Crippen LogP contribution < -0.4 is 10.6 Å². The summed E-state index contributed by atoms with van der Waals surface area (Å²) in [7, 11) is 0. The lowest BCUT2D eigenvalue weighted by atomic mass is 9.99. The number of benzene rings is 2. The van der Waals surface area contributed by atoms with Gasteiger partial charge in [-0.05, 0) is 59.7 Å². The van der Waals surface area contributed by atoms with Crippen LogP contribution in [0.5, 0.6) is 0 Å². The number of rotatable bonds is 4. The first-order chi connectivity index (χ1) is 12.7. The number of hydrogen-bond acceptors (Lipinski definition) is 3. The topological polar surface area (TPSA) is 67.4 Å². The molecular weight excluding hydrogens is 328 g/mol. The largest absolute Gasteiger partial charge is 0.376 e. The fourth-order valence-electron chi connectivity index (χ4n) is 3.52. The Balaban J connectivity index is 1.35. The van der Waals surface area contributed by atoms with Crippen molar-refractivity contribution in [1.29, 1.82) is 0 Å². The van der Waals surface area contributed by atoms with Gasteiger partial charge in [-0.3, -0.25) is 9.59 Å². The summed E-state index contributed by atoms with van der Waals surface area (Å²) in [6.07, 6.45) is 2.92. The van der Waals surface area contributed by atoms with E-state index in [1.807, 2.05) is 12.1 Å². The van der Waals surface area contributed by atoms with Gasteiger partial charge >= 0.3 is 0 Å². The lowest BCUT2D eigenvalue weighted by Gasteiger charge is -2.18. The van der Waals surface area contributed by atoms with Crippen LogP contribution in [-0.2, 0) is 35.4 Å². The van der Waals surface area contributed by atoms with Gasteiger partial charge in [0.25, 0.3) is 5.91 Å². The van der Waals surface area contributed by atoms with E-state index in [1.165, 1.54) is 16.7 Å². The summed E-state index contributed by atoms with van der Waals surface area (Å²) in [4.78, 5) is 23.8. The third kappa shape index (κ3) is 3.63. The summed E-state index contributed by atoms with van der Waals surface area (Å²) >= 11 is 0. The van der Waals surface area contributed by atoms with Gasteiger partial charge in [-0.25, -0.2) is 0 Å². The molecule has 0 radical (unpaired) electrons. The molecular formula is C21H22N2O3. The summed E-state index contributed by atoms with van der Waals surface area (Å²) in [5, 5.41) is 5.83. The van der Waals surface area contributed by atoms with Crippen LogP contribution in [0.4, 0.5) is 5.69 Å². The lowest BCUT2D eigenvalue weighted by molar-refractivity contribution is -0.116. The molecule has 0 saturated heterocycles. The van der Waals surface area contributed by atoms with E-state index < -0.39 is 0 Å². The minimum Gasteiger partial charge on any atom is -0.376 e. The molecule has 2 aromatic rings. The monoisotopic (exact) mass is 350 g/mol. The fraction of sp³-hybridized carbons (Fsp3) is 0.333. The van der Waals surface area contributed by atoms with Crippen LogP contribution in [0.3, 0.4) is 0 Å². The quantitative estimate of drug-likeness (QED) is 0.891. The molecule has 4 rings (SSSR count). The third-order valence-corrected chi connectivity index (χ3v) is 5.01. The highest BCUT2D eigenvalue weighted by Crippen LogP contribution is 2.23. The number of amides is 2. The van der Waals surface area contributed by atoms with E-state index in [9.17, 15) is 9.59 Å². The number of hydrogen-bond donors (Lipinski definition) is 2. The highest BCUT2D eigenvalue weighted by Gasteiger charge is 2.16. The number of aryl methyl sites for hydroxylation is 1. The molecule has 5 heteroatoms. The standard InChI is InChI=1S/C21H22N2O3/c24-20-6-4-16-12-17(3-5-19(16)23-20)21(25)22-9-7-14-1-2-18-13-26-10-8-15(18)11-14/h1-3,5,11-12H,4,6-10,13H2,(H,22,25)(H,23,24). The molecule has 2 aliphatic rings. The summed E-state index contributed by atoms with van der Waals surface area (Å²) < 4.78 is 5.46. The van der Waals surface area contributed by atoms with Crippen molar-refractivity contribution in [3.63, 3.8) is 0 Å². The minimum atomic E-state index is -0.0731. The number of anilines is 1. The Morgan fingerprint density at radius 1 is 1.04 bits per heavy atom. The van der Waals surface area contributed by atoms with Crippen molar-refractivity contribution in [2.75, 3.05) is 18.5 Å². The predicted molar refractivity (Wildman–Crippen MR) is 99.2 cm³/mol.